The molecule has 0 saturated heterocycles. The summed E-state index contributed by atoms with van der Waals surface area (Å²) in [6.45, 7) is 13.0. The molecule has 0 saturated carbocycles. The number of carbonyl (C=O) groups excluding carboxylic acids is 3. The number of cyclic esters (lactones) is 1. The minimum Gasteiger partial charge on any atom is -0.458 e. The van der Waals surface area contributed by atoms with Gasteiger partial charge in [-0.3, -0.25) is 9.59 Å². The van der Waals surface area contributed by atoms with Crippen molar-refractivity contribution in [3.05, 3.63) is 61.7 Å². The van der Waals surface area contributed by atoms with Gasteiger partial charge in [-0.15, -0.1) is 0 Å². The second-order valence-corrected chi connectivity index (χ2v) is 17.4. The van der Waals surface area contributed by atoms with E-state index in [2.05, 4.69) is 10.6 Å². The van der Waals surface area contributed by atoms with Gasteiger partial charge in [0.25, 0.3) is 5.56 Å². The van der Waals surface area contributed by atoms with E-state index in [1.165, 1.54) is 27.7 Å². The molecule has 2 aromatic heterocycles. The summed E-state index contributed by atoms with van der Waals surface area (Å²) in [6.07, 6.45) is 0.576. The van der Waals surface area contributed by atoms with Gasteiger partial charge < -0.3 is 29.8 Å². The van der Waals surface area contributed by atoms with Crippen LogP contribution in [0.25, 0.3) is 22.3 Å². The Balaban J connectivity index is 1.29. The number of benzene rings is 1. The Hall–Kier alpha value is -3.62. The molecule has 0 bridgehead atoms. The number of ether oxygens (including phenoxy) is 2. The lowest BCUT2D eigenvalue weighted by Gasteiger charge is -2.31. The Morgan fingerprint density at radius 1 is 1.18 bits per heavy atom. The van der Waals surface area contributed by atoms with Crippen molar-refractivity contribution < 1.29 is 33.4 Å². The molecule has 11 nitrogen and oxygen atoms in total. The van der Waals surface area contributed by atoms with E-state index >= 15 is 4.39 Å². The summed E-state index contributed by atoms with van der Waals surface area (Å²) >= 11 is 0. The Kier molecular flexibility index (Phi) is 9.06. The number of rotatable bonds is 8. The van der Waals surface area contributed by atoms with Crippen molar-refractivity contribution in [1.82, 2.24) is 20.2 Å². The van der Waals surface area contributed by atoms with E-state index < -0.39 is 34.9 Å². The number of hydrogen-bond donors (Lipinski definition) is 3. The normalized spacial score (nSPS) is 19.5. The van der Waals surface area contributed by atoms with Gasteiger partial charge in [0.05, 0.1) is 40.8 Å². The van der Waals surface area contributed by atoms with Gasteiger partial charge >= 0.3 is 12.1 Å². The zero-order chi connectivity index (χ0) is 35.6. The van der Waals surface area contributed by atoms with E-state index in [9.17, 15) is 24.3 Å². The fraction of sp³-hybridized carbons (Fsp3) is 0.514. The number of amides is 2. The van der Waals surface area contributed by atoms with Crippen molar-refractivity contribution >= 4 is 50.5 Å². The average Bonchev–Trinajstić information content (AvgIpc) is 3.39. The summed E-state index contributed by atoms with van der Waals surface area (Å²) in [5.74, 6) is -1.23. The summed E-state index contributed by atoms with van der Waals surface area (Å²) in [5.41, 5.74) is 1.65. The molecule has 0 unspecified atom stereocenters. The van der Waals surface area contributed by atoms with Crippen LogP contribution in [0.4, 0.5) is 9.18 Å². The molecule has 0 fully saturated rings. The Bertz CT molecular complexity index is 1970. The number of halogens is 1. The Morgan fingerprint density at radius 2 is 1.92 bits per heavy atom. The largest absolute Gasteiger partial charge is 0.458 e. The molecule has 2 amide bonds. The topological polar surface area (TPSA) is 149 Å². The molecule has 3 aromatic rings. The minimum absolute atomic E-state index is 0.0146. The predicted molar refractivity (Wildman–Crippen MR) is 187 cm³/mol. The summed E-state index contributed by atoms with van der Waals surface area (Å²) in [7, 11) is 2.86. The third-order valence-corrected chi connectivity index (χ3v) is 12.4. The lowest BCUT2D eigenvalue weighted by Crippen LogP contribution is -2.44. The van der Waals surface area contributed by atoms with E-state index in [-0.39, 0.29) is 52.9 Å². The average molecular weight is 713 g/mol. The summed E-state index contributed by atoms with van der Waals surface area (Å²) in [5, 5.41) is 18.0. The predicted octanol–water partition coefficient (Wildman–Crippen LogP) is 5.32. The molecular formula is C35H41FN4O7S2. The lowest BCUT2D eigenvalue weighted by molar-refractivity contribution is -0.172. The number of hydrogen-bond acceptors (Lipinski definition) is 10. The molecule has 14 heteroatoms. The smallest absolute Gasteiger partial charge is 0.407 e. The van der Waals surface area contributed by atoms with Crippen LogP contribution in [0.5, 0.6) is 0 Å². The minimum atomic E-state index is -1.97. The third-order valence-electron chi connectivity index (χ3n) is 9.25. The zero-order valence-electron chi connectivity index (χ0n) is 28.7. The van der Waals surface area contributed by atoms with E-state index in [0.29, 0.717) is 41.9 Å². The second-order valence-electron chi connectivity index (χ2n) is 14.4. The van der Waals surface area contributed by atoms with Crippen LogP contribution in [-0.4, -0.2) is 55.3 Å². The maximum absolute atomic E-state index is 15.2. The van der Waals surface area contributed by atoms with Gasteiger partial charge in [0.1, 0.15) is 18.0 Å². The number of esters is 1. The highest BCUT2D eigenvalue weighted by molar-refractivity contribution is 8.77. The number of carbonyl (C=O) groups is 3. The van der Waals surface area contributed by atoms with Crippen molar-refractivity contribution in [2.75, 3.05) is 12.3 Å². The highest BCUT2D eigenvalue weighted by Crippen LogP contribution is 2.46. The van der Waals surface area contributed by atoms with Gasteiger partial charge in [0.15, 0.2) is 5.60 Å². The molecule has 0 spiro atoms. The molecule has 3 N–H and O–H groups in total. The molecular weight excluding hydrogens is 672 g/mol. The first-order chi connectivity index (χ1) is 22.9. The first-order valence-corrected chi connectivity index (χ1v) is 18.6. The number of alkyl carbamates (subject to hydrolysis) is 1. The number of aryl methyl sites for hydroxylation is 1. The summed E-state index contributed by atoms with van der Waals surface area (Å²) < 4.78 is 26.9. The van der Waals surface area contributed by atoms with Gasteiger partial charge in [-0.05, 0) is 83.6 Å². The van der Waals surface area contributed by atoms with E-state index in [1.807, 2.05) is 13.8 Å². The van der Waals surface area contributed by atoms with Gasteiger partial charge in [-0.2, -0.15) is 0 Å². The highest BCUT2D eigenvalue weighted by atomic mass is 33.1. The van der Waals surface area contributed by atoms with Crippen LogP contribution in [0.3, 0.4) is 0 Å². The maximum atomic E-state index is 15.2. The zero-order valence-corrected chi connectivity index (χ0v) is 30.3. The fourth-order valence-electron chi connectivity index (χ4n) is 6.81. The van der Waals surface area contributed by atoms with Crippen molar-refractivity contribution in [3.8, 4) is 11.4 Å². The molecule has 6 rings (SSSR count). The molecule has 0 radical (unpaired) electrons. The maximum Gasteiger partial charge on any atom is 0.407 e. The Morgan fingerprint density at radius 3 is 2.61 bits per heavy atom. The lowest BCUT2D eigenvalue weighted by atomic mass is 9.81. The van der Waals surface area contributed by atoms with Crippen LogP contribution >= 0.6 is 21.6 Å². The number of aromatic nitrogens is 2. The van der Waals surface area contributed by atoms with Gasteiger partial charge in [0, 0.05) is 33.9 Å². The van der Waals surface area contributed by atoms with Crippen molar-refractivity contribution in [1.29, 1.82) is 0 Å². The number of nitrogens with one attached hydrogen (secondary N) is 2. The van der Waals surface area contributed by atoms with E-state index in [1.54, 1.807) is 45.3 Å². The number of pyridine rings is 2. The van der Waals surface area contributed by atoms with Gasteiger partial charge in [-0.1, -0.05) is 28.5 Å². The van der Waals surface area contributed by atoms with E-state index in [0.717, 1.165) is 22.1 Å². The quantitative estimate of drug-likeness (QED) is 0.162. The molecule has 49 heavy (non-hydrogen) atoms. The molecule has 262 valence electrons. The van der Waals surface area contributed by atoms with Gasteiger partial charge in [-0.25, -0.2) is 19.0 Å². The van der Waals surface area contributed by atoms with Gasteiger partial charge in [0.2, 0.25) is 5.91 Å². The second kappa shape index (κ2) is 12.6. The van der Waals surface area contributed by atoms with Crippen LogP contribution in [0.1, 0.15) is 93.8 Å². The summed E-state index contributed by atoms with van der Waals surface area (Å²) in [6, 6.07) is 2.60. The van der Waals surface area contributed by atoms with Crippen molar-refractivity contribution in [3.63, 3.8) is 0 Å². The molecule has 2 atom stereocenters. The summed E-state index contributed by atoms with van der Waals surface area (Å²) in [4.78, 5) is 56.9. The molecule has 3 aliphatic rings. The van der Waals surface area contributed by atoms with Crippen molar-refractivity contribution in [2.45, 2.75) is 103 Å². The standard InChI is InChI=1S/C35H41FN4O7S2/c1-8-35(45)21-11-25-29-19(13-40(25)30(42)20(21)14-46-31(35)43)28-23(10-9-18-17(2)22(36)12-24(39-29)27(18)28)38-26(41)15-48-49-34(6,7)16-37-32(44)47-33(3,4)5/h11-12,23,45H,8-10,13-16H2,1-7H3,(H,37,44)(H,38,41)/t23-,35-/m0/s1. The van der Waals surface area contributed by atoms with Crippen LogP contribution in [0.2, 0.25) is 0 Å². The highest BCUT2D eigenvalue weighted by Gasteiger charge is 2.46. The monoisotopic (exact) mass is 712 g/mol. The molecule has 2 aliphatic heterocycles. The third kappa shape index (κ3) is 6.43. The number of aliphatic hydroxyl groups is 1. The molecule has 1 aromatic carbocycles. The first-order valence-electron chi connectivity index (χ1n) is 16.3. The number of nitrogens with zero attached hydrogens (tertiary/aromatic N) is 2. The van der Waals surface area contributed by atoms with Crippen molar-refractivity contribution in [2.24, 2.45) is 0 Å². The van der Waals surface area contributed by atoms with Crippen LogP contribution < -0.4 is 16.2 Å². The fourth-order valence-corrected chi connectivity index (χ4v) is 9.14. The van der Waals surface area contributed by atoms with E-state index in [4.69, 9.17) is 14.5 Å². The SMILES string of the molecule is CC[C@@]1(O)C(=O)OCc2c1cc1n(c2=O)Cc2c-1nc1cc(F)c(C)c3c1c2[C@@H](NC(=O)CSSC(C)(C)CNC(=O)OC(C)(C)C)CC3. The molecule has 4 heterocycles. The Labute approximate surface area is 291 Å². The van der Waals surface area contributed by atoms with Crippen LogP contribution in [-0.2, 0) is 44.2 Å². The molecule has 1 aliphatic carbocycles. The van der Waals surface area contributed by atoms with Crippen LogP contribution in [0, 0.1) is 12.7 Å². The first kappa shape index (κ1) is 35.2. The number of fused-ring (bicyclic) bond motifs is 5. The van der Waals surface area contributed by atoms with Crippen LogP contribution in [0.15, 0.2) is 16.9 Å².